The zero-order valence-electron chi connectivity index (χ0n) is 5.47. The van der Waals surface area contributed by atoms with Crippen LogP contribution in [-0.4, -0.2) is 42.0 Å². The summed E-state index contributed by atoms with van der Waals surface area (Å²) in [6.45, 7) is 0.622. The van der Waals surface area contributed by atoms with Crippen molar-refractivity contribution >= 4 is 17.6 Å². The standard InChI is InChI=1S/C5H9ClN2O/c1-7-3-4(6)8(2)5(7)9/h4H,3H2,1-2H3. The van der Waals surface area contributed by atoms with E-state index in [2.05, 4.69) is 0 Å². The van der Waals surface area contributed by atoms with Gasteiger partial charge >= 0.3 is 6.03 Å². The molecule has 3 nitrogen and oxygen atoms in total. The van der Waals surface area contributed by atoms with Gasteiger partial charge in [-0.3, -0.25) is 0 Å². The molecule has 2 amide bonds. The predicted molar refractivity (Wildman–Crippen MR) is 35.4 cm³/mol. The number of hydrogen-bond acceptors (Lipinski definition) is 1. The Bertz CT molecular complexity index is 139. The van der Waals surface area contributed by atoms with Crippen molar-refractivity contribution in [3.63, 3.8) is 0 Å². The second kappa shape index (κ2) is 2.06. The van der Waals surface area contributed by atoms with Gasteiger partial charge in [-0.15, -0.1) is 0 Å². The van der Waals surface area contributed by atoms with Crippen molar-refractivity contribution in [2.45, 2.75) is 5.50 Å². The van der Waals surface area contributed by atoms with Gasteiger partial charge in [-0.1, -0.05) is 11.6 Å². The maximum atomic E-state index is 10.9. The normalized spacial score (nSPS) is 27.9. The highest BCUT2D eigenvalue weighted by atomic mass is 35.5. The zero-order chi connectivity index (χ0) is 7.02. The molecule has 0 aliphatic carbocycles. The third-order valence-corrected chi connectivity index (χ3v) is 1.90. The van der Waals surface area contributed by atoms with Gasteiger partial charge in [0, 0.05) is 14.1 Å². The van der Waals surface area contributed by atoms with Gasteiger partial charge < -0.3 is 9.80 Å². The van der Waals surface area contributed by atoms with Crippen molar-refractivity contribution in [2.75, 3.05) is 20.6 Å². The molecule has 0 saturated carbocycles. The Morgan fingerprint density at radius 3 is 2.33 bits per heavy atom. The van der Waals surface area contributed by atoms with Crippen LogP contribution in [0.3, 0.4) is 0 Å². The molecule has 4 heteroatoms. The number of rotatable bonds is 0. The van der Waals surface area contributed by atoms with Crippen molar-refractivity contribution < 1.29 is 4.79 Å². The van der Waals surface area contributed by atoms with Crippen molar-refractivity contribution in [1.29, 1.82) is 0 Å². The molecule has 52 valence electrons. The first-order chi connectivity index (χ1) is 4.13. The third kappa shape index (κ3) is 0.965. The van der Waals surface area contributed by atoms with E-state index in [0.29, 0.717) is 6.54 Å². The van der Waals surface area contributed by atoms with Crippen LogP contribution in [0, 0.1) is 0 Å². The summed E-state index contributed by atoms with van der Waals surface area (Å²) in [5, 5.41) is 0. The number of alkyl halides is 1. The first-order valence-electron chi connectivity index (χ1n) is 2.75. The quantitative estimate of drug-likeness (QED) is 0.364. The maximum Gasteiger partial charge on any atom is 0.320 e. The molecule has 1 rings (SSSR count). The molecule has 1 unspecified atom stereocenters. The Kier molecular flexibility index (Phi) is 1.53. The van der Waals surface area contributed by atoms with Crippen LogP contribution in [0.15, 0.2) is 0 Å². The monoisotopic (exact) mass is 148 g/mol. The number of hydrogen-bond donors (Lipinski definition) is 0. The molecule has 1 fully saturated rings. The fourth-order valence-electron chi connectivity index (χ4n) is 0.816. The molecule has 1 heterocycles. The van der Waals surface area contributed by atoms with Crippen LogP contribution in [0.4, 0.5) is 4.79 Å². The van der Waals surface area contributed by atoms with Gasteiger partial charge in [0.05, 0.1) is 6.54 Å². The third-order valence-electron chi connectivity index (χ3n) is 1.47. The van der Waals surface area contributed by atoms with Gasteiger partial charge in [0.2, 0.25) is 0 Å². The van der Waals surface area contributed by atoms with Crippen LogP contribution < -0.4 is 0 Å². The SMILES string of the molecule is CN1CC(Cl)N(C)C1=O. The van der Waals surface area contributed by atoms with Crippen molar-refractivity contribution in [3.05, 3.63) is 0 Å². The van der Waals surface area contributed by atoms with Gasteiger partial charge in [0.15, 0.2) is 0 Å². The van der Waals surface area contributed by atoms with E-state index in [9.17, 15) is 4.79 Å². The first kappa shape index (κ1) is 6.68. The highest BCUT2D eigenvalue weighted by Gasteiger charge is 2.29. The van der Waals surface area contributed by atoms with Crippen LogP contribution in [0.5, 0.6) is 0 Å². The van der Waals surface area contributed by atoms with Crippen molar-refractivity contribution in [3.8, 4) is 0 Å². The van der Waals surface area contributed by atoms with Gasteiger partial charge in [0.1, 0.15) is 5.50 Å². The fourth-order valence-corrected chi connectivity index (χ4v) is 1.11. The molecule has 0 aromatic heterocycles. The molecule has 0 spiro atoms. The fraction of sp³-hybridized carbons (Fsp3) is 0.800. The highest BCUT2D eigenvalue weighted by Crippen LogP contribution is 2.13. The number of nitrogens with zero attached hydrogens (tertiary/aromatic N) is 2. The van der Waals surface area contributed by atoms with Crippen LogP contribution in [0.2, 0.25) is 0 Å². The van der Waals surface area contributed by atoms with Crippen molar-refractivity contribution in [1.82, 2.24) is 9.80 Å². The van der Waals surface area contributed by atoms with Gasteiger partial charge in [-0.05, 0) is 0 Å². The number of carbonyl (C=O) groups is 1. The van der Waals surface area contributed by atoms with Crippen LogP contribution >= 0.6 is 11.6 Å². The van der Waals surface area contributed by atoms with E-state index in [0.717, 1.165) is 0 Å². The molecule has 0 aromatic rings. The molecule has 1 aliphatic rings. The minimum Gasteiger partial charge on any atom is -0.324 e. The van der Waals surface area contributed by atoms with Gasteiger partial charge in [-0.2, -0.15) is 0 Å². The van der Waals surface area contributed by atoms with E-state index in [1.807, 2.05) is 0 Å². The van der Waals surface area contributed by atoms with Gasteiger partial charge in [0.25, 0.3) is 0 Å². The molecule has 9 heavy (non-hydrogen) atoms. The van der Waals surface area contributed by atoms with E-state index in [-0.39, 0.29) is 11.5 Å². The van der Waals surface area contributed by atoms with E-state index in [1.165, 1.54) is 4.90 Å². The van der Waals surface area contributed by atoms with E-state index in [4.69, 9.17) is 11.6 Å². The molecule has 0 N–H and O–H groups in total. The summed E-state index contributed by atoms with van der Waals surface area (Å²) in [4.78, 5) is 14.0. The minimum atomic E-state index is -0.150. The predicted octanol–water partition coefficient (Wildman–Crippen LogP) is 0.548. The van der Waals surface area contributed by atoms with Crippen LogP contribution in [-0.2, 0) is 0 Å². The summed E-state index contributed by atoms with van der Waals surface area (Å²) in [6, 6.07) is -0.00463. The van der Waals surface area contributed by atoms with E-state index in [1.54, 1.807) is 19.0 Å². The summed E-state index contributed by atoms with van der Waals surface area (Å²) in [5.41, 5.74) is -0.150. The van der Waals surface area contributed by atoms with Crippen molar-refractivity contribution in [2.24, 2.45) is 0 Å². The Morgan fingerprint density at radius 1 is 1.67 bits per heavy atom. The summed E-state index contributed by atoms with van der Waals surface area (Å²) in [6.07, 6.45) is 0. The Hall–Kier alpha value is -0.440. The second-order valence-corrected chi connectivity index (χ2v) is 2.71. The lowest BCUT2D eigenvalue weighted by Crippen LogP contribution is -2.27. The number of carbonyl (C=O) groups excluding carboxylic acids is 1. The molecule has 1 aliphatic heterocycles. The summed E-state index contributed by atoms with van der Waals surface area (Å²) >= 11 is 5.72. The highest BCUT2D eigenvalue weighted by molar-refractivity contribution is 6.22. The lowest BCUT2D eigenvalue weighted by atomic mass is 10.6. The Balaban J connectivity index is 2.65. The van der Waals surface area contributed by atoms with E-state index < -0.39 is 0 Å². The van der Waals surface area contributed by atoms with E-state index >= 15 is 0 Å². The minimum absolute atomic E-state index is 0.00463. The molecule has 0 bridgehead atoms. The number of likely N-dealkylation sites (N-methyl/N-ethyl adjacent to an activating group) is 2. The summed E-state index contributed by atoms with van der Waals surface area (Å²) in [5.74, 6) is 0. The smallest absolute Gasteiger partial charge is 0.320 e. The summed E-state index contributed by atoms with van der Waals surface area (Å²) in [7, 11) is 3.44. The topological polar surface area (TPSA) is 23.6 Å². The summed E-state index contributed by atoms with van der Waals surface area (Å²) < 4.78 is 0. The molecule has 1 saturated heterocycles. The lowest BCUT2D eigenvalue weighted by Gasteiger charge is -2.09. The first-order valence-corrected chi connectivity index (χ1v) is 3.18. The zero-order valence-corrected chi connectivity index (χ0v) is 6.22. The lowest BCUT2D eigenvalue weighted by molar-refractivity contribution is 0.204. The molecule has 0 aromatic carbocycles. The Labute approximate surface area is 59.2 Å². The number of halogens is 1. The molecular formula is C5H9ClN2O. The molecule has 1 atom stereocenters. The largest absolute Gasteiger partial charge is 0.324 e. The average molecular weight is 149 g/mol. The van der Waals surface area contributed by atoms with Crippen LogP contribution in [0.1, 0.15) is 0 Å². The second-order valence-electron chi connectivity index (χ2n) is 2.21. The van der Waals surface area contributed by atoms with Crippen LogP contribution in [0.25, 0.3) is 0 Å². The Morgan fingerprint density at radius 2 is 2.22 bits per heavy atom. The van der Waals surface area contributed by atoms with Gasteiger partial charge in [-0.25, -0.2) is 4.79 Å². The number of urea groups is 1. The molecule has 0 radical (unpaired) electrons. The average Bonchev–Trinajstić information content (AvgIpc) is 1.98. The number of amides is 2. The molecular weight excluding hydrogens is 140 g/mol. The maximum absolute atomic E-state index is 10.9.